The summed E-state index contributed by atoms with van der Waals surface area (Å²) in [5, 5.41) is 3.28. The number of amides is 1. The molecule has 0 radical (unpaired) electrons. The van der Waals surface area contributed by atoms with E-state index in [4.69, 9.17) is 21.1 Å². The number of ether oxygens (including phenoxy) is 2. The summed E-state index contributed by atoms with van der Waals surface area (Å²) in [6.45, 7) is 0.912. The molecule has 1 saturated heterocycles. The zero-order valence-corrected chi connectivity index (χ0v) is 13.3. The van der Waals surface area contributed by atoms with Crippen LogP contribution in [0.4, 0.5) is 0 Å². The fourth-order valence-electron chi connectivity index (χ4n) is 2.87. The summed E-state index contributed by atoms with van der Waals surface area (Å²) in [6, 6.07) is 7.40. The van der Waals surface area contributed by atoms with Crippen LogP contribution in [0.25, 0.3) is 0 Å². The molecule has 4 rings (SSSR count). The van der Waals surface area contributed by atoms with Crippen molar-refractivity contribution in [3.8, 4) is 11.5 Å². The predicted octanol–water partition coefficient (Wildman–Crippen LogP) is 1.41. The van der Waals surface area contributed by atoms with Crippen LogP contribution in [-0.4, -0.2) is 30.4 Å². The minimum Gasteiger partial charge on any atom is -0.454 e. The van der Waals surface area contributed by atoms with E-state index in [1.807, 2.05) is 18.2 Å². The third-order valence-electron chi connectivity index (χ3n) is 4.11. The molecule has 0 aliphatic carbocycles. The zero-order chi connectivity index (χ0) is 16.5. The van der Waals surface area contributed by atoms with Gasteiger partial charge in [-0.25, -0.2) is 5.43 Å². The largest absolute Gasteiger partial charge is 0.454 e. The van der Waals surface area contributed by atoms with Crippen LogP contribution in [0.3, 0.4) is 0 Å². The number of rotatable bonds is 3. The number of hydrogen-bond donors (Lipinski definition) is 3. The highest BCUT2D eigenvalue weighted by Crippen LogP contribution is 2.35. The molecule has 2 atom stereocenters. The highest BCUT2D eigenvalue weighted by Gasteiger charge is 2.31. The first-order valence-electron chi connectivity index (χ1n) is 7.50. The molecule has 0 saturated carbocycles. The number of hydrazine groups is 1. The average Bonchev–Trinajstić information content (AvgIpc) is 3.23. The van der Waals surface area contributed by atoms with E-state index < -0.39 is 0 Å². The lowest BCUT2D eigenvalue weighted by atomic mass is 9.96. The van der Waals surface area contributed by atoms with E-state index >= 15 is 0 Å². The number of carbonyl (C=O) groups is 1. The van der Waals surface area contributed by atoms with Gasteiger partial charge in [0.15, 0.2) is 11.5 Å². The van der Waals surface area contributed by atoms with E-state index in [1.165, 1.54) is 12.4 Å². The molecular formula is C16H15ClN4O3. The summed E-state index contributed by atoms with van der Waals surface area (Å²) >= 11 is 6.03. The monoisotopic (exact) mass is 346 g/mol. The lowest BCUT2D eigenvalue weighted by Gasteiger charge is -2.20. The van der Waals surface area contributed by atoms with Gasteiger partial charge in [-0.1, -0.05) is 17.7 Å². The van der Waals surface area contributed by atoms with Gasteiger partial charge in [0.2, 0.25) is 6.79 Å². The van der Waals surface area contributed by atoms with Crippen molar-refractivity contribution < 1.29 is 14.3 Å². The molecule has 1 fully saturated rings. The molecule has 2 aliphatic rings. The molecule has 1 amide bonds. The molecule has 3 heterocycles. The second-order valence-corrected chi connectivity index (χ2v) is 5.96. The number of aromatic nitrogens is 1. The molecule has 3 N–H and O–H groups in total. The first-order valence-corrected chi connectivity index (χ1v) is 7.88. The van der Waals surface area contributed by atoms with Crippen molar-refractivity contribution in [1.29, 1.82) is 0 Å². The molecule has 1 aromatic carbocycles. The number of fused-ring (bicyclic) bond motifs is 1. The third kappa shape index (κ3) is 2.77. The molecule has 8 heteroatoms. The maximum absolute atomic E-state index is 12.4. The standard InChI is InChI=1S/C16H15ClN4O3/c17-12-7-18-4-3-10(12)16(22)20-15-11(6-19-21-15)9-1-2-13-14(5-9)24-8-23-13/h1-5,7,11,15,19,21H,6,8H2,(H,20,22). The Balaban J connectivity index is 1.53. The Labute approximate surface area is 143 Å². The van der Waals surface area contributed by atoms with Crippen LogP contribution >= 0.6 is 11.6 Å². The minimum absolute atomic E-state index is 0.0454. The van der Waals surface area contributed by atoms with Crippen LogP contribution in [0.15, 0.2) is 36.7 Å². The third-order valence-corrected chi connectivity index (χ3v) is 4.41. The molecule has 2 aromatic rings. The second kappa shape index (κ2) is 6.27. The van der Waals surface area contributed by atoms with E-state index in [9.17, 15) is 4.79 Å². The van der Waals surface area contributed by atoms with Crippen LogP contribution < -0.4 is 25.6 Å². The van der Waals surface area contributed by atoms with Gasteiger partial charge in [0.25, 0.3) is 5.91 Å². The average molecular weight is 347 g/mol. The molecule has 124 valence electrons. The van der Waals surface area contributed by atoms with Crippen molar-refractivity contribution in [1.82, 2.24) is 21.2 Å². The van der Waals surface area contributed by atoms with Crippen molar-refractivity contribution in [2.45, 2.75) is 12.1 Å². The van der Waals surface area contributed by atoms with Gasteiger partial charge >= 0.3 is 0 Å². The van der Waals surface area contributed by atoms with Gasteiger partial charge in [-0.05, 0) is 23.8 Å². The van der Waals surface area contributed by atoms with Gasteiger partial charge in [0, 0.05) is 24.9 Å². The van der Waals surface area contributed by atoms with Crippen molar-refractivity contribution >= 4 is 17.5 Å². The topological polar surface area (TPSA) is 84.5 Å². The van der Waals surface area contributed by atoms with Crippen molar-refractivity contribution in [2.75, 3.05) is 13.3 Å². The Bertz CT molecular complexity index is 786. The van der Waals surface area contributed by atoms with Crippen LogP contribution in [-0.2, 0) is 0 Å². The Morgan fingerprint density at radius 1 is 1.29 bits per heavy atom. The van der Waals surface area contributed by atoms with Crippen LogP contribution in [0.1, 0.15) is 21.8 Å². The number of halogens is 1. The predicted molar refractivity (Wildman–Crippen MR) is 86.9 cm³/mol. The van der Waals surface area contributed by atoms with E-state index in [1.54, 1.807) is 6.07 Å². The quantitative estimate of drug-likeness (QED) is 0.779. The normalized spacial score (nSPS) is 21.7. The molecular weight excluding hydrogens is 332 g/mol. The molecule has 1 aromatic heterocycles. The number of nitrogens with zero attached hydrogens (tertiary/aromatic N) is 1. The molecule has 7 nitrogen and oxygen atoms in total. The van der Waals surface area contributed by atoms with Crippen LogP contribution in [0.2, 0.25) is 5.02 Å². The van der Waals surface area contributed by atoms with Gasteiger partial charge in [-0.2, -0.15) is 0 Å². The first-order chi connectivity index (χ1) is 11.7. The highest BCUT2D eigenvalue weighted by atomic mass is 35.5. The van der Waals surface area contributed by atoms with Gasteiger partial charge in [-0.3, -0.25) is 15.2 Å². The first kappa shape index (κ1) is 15.2. The van der Waals surface area contributed by atoms with Gasteiger partial charge in [0.05, 0.1) is 10.6 Å². The maximum atomic E-state index is 12.4. The Morgan fingerprint density at radius 3 is 3.04 bits per heavy atom. The molecule has 24 heavy (non-hydrogen) atoms. The maximum Gasteiger partial charge on any atom is 0.254 e. The fraction of sp³-hybridized carbons (Fsp3) is 0.250. The van der Waals surface area contributed by atoms with E-state index in [0.29, 0.717) is 17.1 Å². The fourth-order valence-corrected chi connectivity index (χ4v) is 3.07. The summed E-state index contributed by atoms with van der Waals surface area (Å²) < 4.78 is 10.8. The van der Waals surface area contributed by atoms with Crippen molar-refractivity contribution in [3.05, 3.63) is 52.8 Å². The number of benzene rings is 1. The Hall–Kier alpha value is -2.35. The lowest BCUT2D eigenvalue weighted by molar-refractivity contribution is 0.0929. The molecule has 2 unspecified atom stereocenters. The summed E-state index contributed by atoms with van der Waals surface area (Å²) in [6.07, 6.45) is 2.71. The van der Waals surface area contributed by atoms with Gasteiger partial charge in [0.1, 0.15) is 6.17 Å². The van der Waals surface area contributed by atoms with Crippen molar-refractivity contribution in [2.24, 2.45) is 0 Å². The summed E-state index contributed by atoms with van der Waals surface area (Å²) in [7, 11) is 0. The van der Waals surface area contributed by atoms with Crippen LogP contribution in [0, 0.1) is 0 Å². The SMILES string of the molecule is O=C(NC1NNCC1c1ccc2c(c1)OCO2)c1ccncc1Cl. The van der Waals surface area contributed by atoms with E-state index in [0.717, 1.165) is 17.1 Å². The number of nitrogens with one attached hydrogen (secondary N) is 3. The zero-order valence-electron chi connectivity index (χ0n) is 12.6. The summed E-state index contributed by atoms with van der Waals surface area (Å²) in [5.41, 5.74) is 7.60. The number of carbonyl (C=O) groups excluding carboxylic acids is 1. The molecule has 0 spiro atoms. The summed E-state index contributed by atoms with van der Waals surface area (Å²) in [5.74, 6) is 1.25. The molecule has 0 bridgehead atoms. The summed E-state index contributed by atoms with van der Waals surface area (Å²) in [4.78, 5) is 16.3. The Kier molecular flexibility index (Phi) is 3.97. The smallest absolute Gasteiger partial charge is 0.254 e. The molecule has 2 aliphatic heterocycles. The van der Waals surface area contributed by atoms with Crippen molar-refractivity contribution in [3.63, 3.8) is 0 Å². The Morgan fingerprint density at radius 2 is 2.17 bits per heavy atom. The lowest BCUT2D eigenvalue weighted by Crippen LogP contribution is -2.46. The van der Waals surface area contributed by atoms with Crippen LogP contribution in [0.5, 0.6) is 11.5 Å². The highest BCUT2D eigenvalue weighted by molar-refractivity contribution is 6.33. The second-order valence-electron chi connectivity index (χ2n) is 5.55. The number of hydrogen-bond acceptors (Lipinski definition) is 6. The van der Waals surface area contributed by atoms with E-state index in [2.05, 4.69) is 21.2 Å². The van der Waals surface area contributed by atoms with Gasteiger partial charge in [-0.15, -0.1) is 0 Å². The minimum atomic E-state index is -0.276. The van der Waals surface area contributed by atoms with Gasteiger partial charge < -0.3 is 14.8 Å². The van der Waals surface area contributed by atoms with E-state index in [-0.39, 0.29) is 24.8 Å². The number of pyridine rings is 1.